The van der Waals surface area contributed by atoms with Gasteiger partial charge in [-0.1, -0.05) is 0 Å². The van der Waals surface area contributed by atoms with E-state index in [1.165, 1.54) is 11.3 Å². The molecule has 0 bridgehead atoms. The Bertz CT molecular complexity index is 543. The monoisotopic (exact) mass is 247 g/mol. The van der Waals surface area contributed by atoms with Gasteiger partial charge >= 0.3 is 0 Å². The molecule has 5 heteroatoms. The largest absolute Gasteiger partial charge is 0.396 e. The Hall–Kier alpha value is -1.88. The van der Waals surface area contributed by atoms with Crippen LogP contribution in [-0.2, 0) is 0 Å². The van der Waals surface area contributed by atoms with E-state index >= 15 is 0 Å². The van der Waals surface area contributed by atoms with Crippen LogP contribution in [-0.4, -0.2) is 10.9 Å². The van der Waals surface area contributed by atoms with Crippen molar-refractivity contribution in [1.82, 2.24) is 4.98 Å². The summed E-state index contributed by atoms with van der Waals surface area (Å²) in [6.45, 7) is 3.98. The molecule has 2 aromatic heterocycles. The number of rotatable bonds is 2. The van der Waals surface area contributed by atoms with E-state index in [0.717, 1.165) is 10.4 Å². The summed E-state index contributed by atoms with van der Waals surface area (Å²) in [4.78, 5) is 17.8. The number of pyridine rings is 1. The number of nitrogens with two attached hydrogens (primary N) is 1. The summed E-state index contributed by atoms with van der Waals surface area (Å²) in [6.07, 6.45) is 1.59. The maximum absolute atomic E-state index is 11.9. The predicted octanol–water partition coefficient (Wildman–Crippen LogP) is 2.59. The van der Waals surface area contributed by atoms with Crippen molar-refractivity contribution in [2.75, 3.05) is 11.1 Å². The fraction of sp³-hybridized carbons (Fsp3) is 0.167. The molecular weight excluding hydrogens is 234 g/mol. The Morgan fingerprint density at radius 3 is 2.82 bits per heavy atom. The lowest BCUT2D eigenvalue weighted by molar-refractivity contribution is 0.103. The summed E-state index contributed by atoms with van der Waals surface area (Å²) < 4.78 is 0. The van der Waals surface area contributed by atoms with Crippen LogP contribution in [0, 0.1) is 13.8 Å². The van der Waals surface area contributed by atoms with Gasteiger partial charge in [-0.2, -0.15) is 0 Å². The van der Waals surface area contributed by atoms with Gasteiger partial charge in [0.1, 0.15) is 0 Å². The Morgan fingerprint density at radius 1 is 1.47 bits per heavy atom. The Morgan fingerprint density at radius 2 is 2.24 bits per heavy atom. The van der Waals surface area contributed by atoms with Gasteiger partial charge in [0.05, 0.1) is 10.6 Å². The molecule has 0 aliphatic heterocycles. The number of nitrogens with zero attached hydrogens (tertiary/aromatic N) is 1. The Balaban J connectivity index is 2.20. The first-order valence-electron chi connectivity index (χ1n) is 5.17. The second-order valence-electron chi connectivity index (χ2n) is 3.75. The van der Waals surface area contributed by atoms with Crippen LogP contribution in [0.15, 0.2) is 24.4 Å². The van der Waals surface area contributed by atoms with Crippen LogP contribution < -0.4 is 11.1 Å². The molecule has 2 rings (SSSR count). The zero-order valence-electron chi connectivity index (χ0n) is 9.65. The minimum Gasteiger partial charge on any atom is -0.396 e. The topological polar surface area (TPSA) is 68.0 Å². The molecule has 0 saturated carbocycles. The van der Waals surface area contributed by atoms with E-state index in [1.54, 1.807) is 18.3 Å². The van der Waals surface area contributed by atoms with Gasteiger partial charge in [-0.3, -0.25) is 4.79 Å². The van der Waals surface area contributed by atoms with Crippen molar-refractivity contribution in [3.05, 3.63) is 39.7 Å². The number of aryl methyl sites for hydroxylation is 2. The normalized spacial score (nSPS) is 10.2. The summed E-state index contributed by atoms with van der Waals surface area (Å²) in [5.41, 5.74) is 7.29. The van der Waals surface area contributed by atoms with Crippen molar-refractivity contribution in [2.24, 2.45) is 0 Å². The lowest BCUT2D eigenvalue weighted by Gasteiger charge is -2.04. The number of carbonyl (C=O) groups excluding carboxylic acids is 1. The van der Waals surface area contributed by atoms with Gasteiger partial charge in [-0.15, -0.1) is 11.3 Å². The van der Waals surface area contributed by atoms with Crippen LogP contribution in [0.1, 0.15) is 20.1 Å². The first kappa shape index (κ1) is 11.6. The average Bonchev–Trinajstić information content (AvgIpc) is 2.63. The zero-order valence-corrected chi connectivity index (χ0v) is 10.5. The first-order chi connectivity index (χ1) is 8.08. The van der Waals surface area contributed by atoms with E-state index in [-0.39, 0.29) is 5.91 Å². The van der Waals surface area contributed by atoms with E-state index in [4.69, 9.17) is 5.73 Å². The van der Waals surface area contributed by atoms with E-state index in [1.807, 2.05) is 19.9 Å². The van der Waals surface area contributed by atoms with Crippen LogP contribution in [0.3, 0.4) is 0 Å². The molecule has 17 heavy (non-hydrogen) atoms. The van der Waals surface area contributed by atoms with Crippen molar-refractivity contribution in [1.29, 1.82) is 0 Å². The molecule has 0 aromatic carbocycles. The number of amides is 1. The number of thiophene rings is 1. The first-order valence-corrected chi connectivity index (χ1v) is 5.98. The fourth-order valence-corrected chi connectivity index (χ4v) is 2.31. The van der Waals surface area contributed by atoms with Crippen molar-refractivity contribution < 1.29 is 4.79 Å². The molecule has 0 fully saturated rings. The Labute approximate surface area is 103 Å². The molecule has 0 atom stereocenters. The van der Waals surface area contributed by atoms with Crippen molar-refractivity contribution in [3.63, 3.8) is 0 Å². The van der Waals surface area contributed by atoms with Crippen LogP contribution in [0.5, 0.6) is 0 Å². The van der Waals surface area contributed by atoms with Crippen molar-refractivity contribution in [3.8, 4) is 0 Å². The lowest BCUT2D eigenvalue weighted by atomic mass is 10.3. The molecule has 2 aromatic rings. The summed E-state index contributed by atoms with van der Waals surface area (Å²) in [6, 6.07) is 5.30. The highest BCUT2D eigenvalue weighted by atomic mass is 32.1. The van der Waals surface area contributed by atoms with E-state index in [0.29, 0.717) is 16.4 Å². The van der Waals surface area contributed by atoms with E-state index in [9.17, 15) is 4.79 Å². The van der Waals surface area contributed by atoms with Gasteiger partial charge in [0.2, 0.25) is 0 Å². The number of carbonyl (C=O) groups is 1. The molecule has 0 unspecified atom stereocenters. The third-order valence-electron chi connectivity index (χ3n) is 2.46. The van der Waals surface area contributed by atoms with E-state index in [2.05, 4.69) is 10.3 Å². The second kappa shape index (κ2) is 4.55. The molecule has 0 saturated heterocycles. The summed E-state index contributed by atoms with van der Waals surface area (Å²) in [7, 11) is 0. The number of nitrogens with one attached hydrogen (secondary N) is 1. The van der Waals surface area contributed by atoms with Gasteiger partial charge in [-0.25, -0.2) is 4.98 Å². The highest BCUT2D eigenvalue weighted by molar-refractivity contribution is 7.14. The zero-order chi connectivity index (χ0) is 12.4. The maximum atomic E-state index is 11.9. The molecule has 88 valence electrons. The summed E-state index contributed by atoms with van der Waals surface area (Å²) in [5, 5.41) is 2.70. The highest BCUT2D eigenvalue weighted by Gasteiger charge is 2.12. The number of hydrogen-bond donors (Lipinski definition) is 2. The molecule has 2 heterocycles. The quantitative estimate of drug-likeness (QED) is 0.857. The third-order valence-corrected chi connectivity index (χ3v) is 3.61. The lowest BCUT2D eigenvalue weighted by Crippen LogP contribution is -2.12. The molecule has 1 amide bonds. The molecule has 3 N–H and O–H groups in total. The molecule has 0 aliphatic rings. The van der Waals surface area contributed by atoms with Crippen molar-refractivity contribution in [2.45, 2.75) is 13.8 Å². The number of hydrogen-bond acceptors (Lipinski definition) is 4. The molecule has 0 aliphatic carbocycles. The van der Waals surface area contributed by atoms with Gasteiger partial charge in [0.15, 0.2) is 5.82 Å². The van der Waals surface area contributed by atoms with E-state index < -0.39 is 0 Å². The predicted molar refractivity (Wildman–Crippen MR) is 70.4 cm³/mol. The van der Waals surface area contributed by atoms with Crippen LogP contribution in [0.2, 0.25) is 0 Å². The third kappa shape index (κ3) is 2.45. The molecule has 0 radical (unpaired) electrons. The Kier molecular flexibility index (Phi) is 3.10. The van der Waals surface area contributed by atoms with Crippen LogP contribution >= 0.6 is 11.3 Å². The SMILES string of the molecule is Cc1cc(C(=O)Nc2ncccc2N)sc1C. The highest BCUT2D eigenvalue weighted by Crippen LogP contribution is 2.22. The summed E-state index contributed by atoms with van der Waals surface area (Å²) in [5.74, 6) is 0.234. The molecular formula is C12H13N3OS. The minimum absolute atomic E-state index is 0.170. The fourth-order valence-electron chi connectivity index (χ4n) is 1.38. The van der Waals surface area contributed by atoms with Gasteiger partial charge in [0, 0.05) is 11.1 Å². The smallest absolute Gasteiger partial charge is 0.266 e. The molecule has 0 spiro atoms. The number of aromatic nitrogens is 1. The van der Waals surface area contributed by atoms with Gasteiger partial charge < -0.3 is 11.1 Å². The standard InChI is InChI=1S/C12H13N3OS/c1-7-6-10(17-8(7)2)12(16)15-11-9(13)4-3-5-14-11/h3-6H,13H2,1-2H3,(H,14,15,16). The van der Waals surface area contributed by atoms with Crippen molar-refractivity contribution >= 4 is 28.7 Å². The average molecular weight is 247 g/mol. The number of nitrogen functional groups attached to an aromatic ring is 1. The summed E-state index contributed by atoms with van der Waals surface area (Å²) >= 11 is 1.47. The minimum atomic E-state index is -0.170. The molecule has 4 nitrogen and oxygen atoms in total. The van der Waals surface area contributed by atoms with Gasteiger partial charge in [-0.05, 0) is 37.6 Å². The van der Waals surface area contributed by atoms with Crippen LogP contribution in [0.25, 0.3) is 0 Å². The second-order valence-corrected chi connectivity index (χ2v) is 5.00. The van der Waals surface area contributed by atoms with Gasteiger partial charge in [0.25, 0.3) is 5.91 Å². The number of anilines is 2. The maximum Gasteiger partial charge on any atom is 0.266 e. The van der Waals surface area contributed by atoms with Crippen LogP contribution in [0.4, 0.5) is 11.5 Å².